The molecule has 0 bridgehead atoms. The van der Waals surface area contributed by atoms with Gasteiger partial charge in [-0.15, -0.1) is 0 Å². The van der Waals surface area contributed by atoms with E-state index in [2.05, 4.69) is 52.4 Å². The Morgan fingerprint density at radius 2 is 1.89 bits per heavy atom. The van der Waals surface area contributed by atoms with Crippen LogP contribution in [0.2, 0.25) is 0 Å². The van der Waals surface area contributed by atoms with Crippen LogP contribution < -0.4 is 5.32 Å². The summed E-state index contributed by atoms with van der Waals surface area (Å²) in [5.41, 5.74) is 1.42. The molecular weight excluding hydrogens is 286 g/mol. The van der Waals surface area contributed by atoms with Gasteiger partial charge in [-0.2, -0.15) is 0 Å². The van der Waals surface area contributed by atoms with E-state index >= 15 is 0 Å². The lowest BCUT2D eigenvalue weighted by Crippen LogP contribution is -2.29. The fourth-order valence-electron chi connectivity index (χ4n) is 2.88. The van der Waals surface area contributed by atoms with Gasteiger partial charge in [-0.1, -0.05) is 53.7 Å². The van der Waals surface area contributed by atoms with E-state index in [0.29, 0.717) is 6.04 Å². The minimum Gasteiger partial charge on any atom is -0.314 e. The molecule has 0 radical (unpaired) electrons. The van der Waals surface area contributed by atoms with Gasteiger partial charge in [0.1, 0.15) is 0 Å². The fraction of sp³-hybridized carbons (Fsp3) is 0.625. The minimum absolute atomic E-state index is 0.576. The summed E-state index contributed by atoms with van der Waals surface area (Å²) in [7, 11) is 0. The average Bonchev–Trinajstić information content (AvgIpc) is 2.85. The smallest absolute Gasteiger partial charge is 0.0175 e. The summed E-state index contributed by atoms with van der Waals surface area (Å²) in [4.78, 5) is 0. The van der Waals surface area contributed by atoms with E-state index in [4.69, 9.17) is 0 Å². The van der Waals surface area contributed by atoms with E-state index < -0.39 is 0 Å². The molecule has 2 rings (SSSR count). The van der Waals surface area contributed by atoms with Gasteiger partial charge in [-0.3, -0.25) is 0 Å². The first-order chi connectivity index (χ1) is 8.74. The molecule has 0 aromatic heterocycles. The van der Waals surface area contributed by atoms with Crippen LogP contribution in [0.15, 0.2) is 28.7 Å². The molecule has 1 aliphatic carbocycles. The Bertz CT molecular complexity index is 341. The predicted octanol–water partition coefficient (Wildman–Crippen LogP) is 4.55. The summed E-state index contributed by atoms with van der Waals surface area (Å²) < 4.78 is 1.16. The molecular formula is C16H24BrN. The molecule has 0 amide bonds. The molecule has 0 saturated heterocycles. The SMILES string of the molecule is CC(Cc1ccc(Br)cc1)NCCC1CCCC1. The highest BCUT2D eigenvalue weighted by molar-refractivity contribution is 9.10. The first kappa shape index (κ1) is 14.1. The van der Waals surface area contributed by atoms with Crippen molar-refractivity contribution in [2.75, 3.05) is 6.54 Å². The maximum Gasteiger partial charge on any atom is 0.0175 e. The summed E-state index contributed by atoms with van der Waals surface area (Å²) in [6.45, 7) is 3.47. The van der Waals surface area contributed by atoms with Crippen LogP contribution in [0.4, 0.5) is 0 Å². The Morgan fingerprint density at radius 1 is 1.22 bits per heavy atom. The molecule has 100 valence electrons. The number of benzene rings is 1. The van der Waals surface area contributed by atoms with E-state index in [1.807, 2.05) is 0 Å². The topological polar surface area (TPSA) is 12.0 Å². The lowest BCUT2D eigenvalue weighted by Gasteiger charge is -2.16. The quantitative estimate of drug-likeness (QED) is 0.813. The first-order valence-electron chi connectivity index (χ1n) is 7.22. The highest BCUT2D eigenvalue weighted by Crippen LogP contribution is 2.26. The molecule has 1 aliphatic rings. The number of hydrogen-bond donors (Lipinski definition) is 1. The number of hydrogen-bond acceptors (Lipinski definition) is 1. The van der Waals surface area contributed by atoms with Crippen molar-refractivity contribution < 1.29 is 0 Å². The third-order valence-corrected chi connectivity index (χ3v) is 4.50. The third kappa shape index (κ3) is 4.74. The van der Waals surface area contributed by atoms with Crippen LogP contribution in [0, 0.1) is 5.92 Å². The van der Waals surface area contributed by atoms with Gasteiger partial charge in [-0.25, -0.2) is 0 Å². The van der Waals surface area contributed by atoms with Crippen LogP contribution in [0.3, 0.4) is 0 Å². The average molecular weight is 310 g/mol. The van der Waals surface area contributed by atoms with Crippen LogP contribution in [0.5, 0.6) is 0 Å². The van der Waals surface area contributed by atoms with Crippen LogP contribution in [-0.4, -0.2) is 12.6 Å². The van der Waals surface area contributed by atoms with Crippen molar-refractivity contribution in [2.45, 2.75) is 51.5 Å². The minimum atomic E-state index is 0.576. The van der Waals surface area contributed by atoms with Gasteiger partial charge in [0.2, 0.25) is 0 Å². The van der Waals surface area contributed by atoms with Crippen molar-refractivity contribution in [3.8, 4) is 0 Å². The second kappa shape index (κ2) is 7.30. The molecule has 1 N–H and O–H groups in total. The van der Waals surface area contributed by atoms with Crippen LogP contribution in [-0.2, 0) is 6.42 Å². The Hall–Kier alpha value is -0.340. The largest absolute Gasteiger partial charge is 0.314 e. The van der Waals surface area contributed by atoms with E-state index in [0.717, 1.165) is 16.8 Å². The molecule has 0 heterocycles. The predicted molar refractivity (Wildman–Crippen MR) is 81.9 cm³/mol. The maximum absolute atomic E-state index is 3.66. The molecule has 1 aromatic carbocycles. The van der Waals surface area contributed by atoms with Crippen LogP contribution in [0.1, 0.15) is 44.6 Å². The van der Waals surface area contributed by atoms with Gasteiger partial charge >= 0.3 is 0 Å². The Labute approximate surface area is 119 Å². The van der Waals surface area contributed by atoms with Gasteiger partial charge in [-0.05, 0) is 49.9 Å². The molecule has 1 atom stereocenters. The molecule has 1 unspecified atom stereocenters. The molecule has 0 spiro atoms. The van der Waals surface area contributed by atoms with E-state index in [1.165, 1.54) is 44.2 Å². The monoisotopic (exact) mass is 309 g/mol. The van der Waals surface area contributed by atoms with Crippen molar-refractivity contribution in [1.82, 2.24) is 5.32 Å². The Balaban J connectivity index is 1.65. The first-order valence-corrected chi connectivity index (χ1v) is 8.01. The summed E-state index contributed by atoms with van der Waals surface area (Å²) in [5, 5.41) is 3.66. The highest BCUT2D eigenvalue weighted by Gasteiger charge is 2.14. The van der Waals surface area contributed by atoms with E-state index in [1.54, 1.807) is 0 Å². The van der Waals surface area contributed by atoms with E-state index in [9.17, 15) is 0 Å². The Kier molecular flexibility index (Phi) is 5.71. The zero-order chi connectivity index (χ0) is 12.8. The summed E-state index contributed by atoms with van der Waals surface area (Å²) in [6.07, 6.45) is 8.33. The zero-order valence-electron chi connectivity index (χ0n) is 11.3. The molecule has 0 aliphatic heterocycles. The third-order valence-electron chi connectivity index (χ3n) is 3.98. The highest BCUT2D eigenvalue weighted by atomic mass is 79.9. The zero-order valence-corrected chi connectivity index (χ0v) is 12.9. The second-order valence-electron chi connectivity index (χ2n) is 5.62. The lowest BCUT2D eigenvalue weighted by molar-refractivity contribution is 0.448. The summed E-state index contributed by atoms with van der Waals surface area (Å²) >= 11 is 3.48. The van der Waals surface area contributed by atoms with Gasteiger partial charge in [0, 0.05) is 10.5 Å². The molecule has 1 fully saturated rings. The lowest BCUT2D eigenvalue weighted by atomic mass is 10.0. The summed E-state index contributed by atoms with van der Waals surface area (Å²) in [5.74, 6) is 0.998. The van der Waals surface area contributed by atoms with Gasteiger partial charge in [0.15, 0.2) is 0 Å². The van der Waals surface area contributed by atoms with Gasteiger partial charge in [0.25, 0.3) is 0 Å². The molecule has 1 nitrogen and oxygen atoms in total. The van der Waals surface area contributed by atoms with E-state index in [-0.39, 0.29) is 0 Å². The molecule has 2 heteroatoms. The van der Waals surface area contributed by atoms with Crippen LogP contribution in [0.25, 0.3) is 0 Å². The molecule has 1 saturated carbocycles. The van der Waals surface area contributed by atoms with Crippen molar-refractivity contribution in [3.63, 3.8) is 0 Å². The normalized spacial score (nSPS) is 18.1. The summed E-state index contributed by atoms with van der Waals surface area (Å²) in [6, 6.07) is 9.24. The number of nitrogens with one attached hydrogen (secondary N) is 1. The van der Waals surface area contributed by atoms with Gasteiger partial charge < -0.3 is 5.32 Å². The molecule has 18 heavy (non-hydrogen) atoms. The number of halogens is 1. The fourth-order valence-corrected chi connectivity index (χ4v) is 3.14. The van der Waals surface area contributed by atoms with Crippen molar-refractivity contribution >= 4 is 15.9 Å². The molecule has 1 aromatic rings. The maximum atomic E-state index is 3.66. The van der Waals surface area contributed by atoms with Crippen molar-refractivity contribution in [2.24, 2.45) is 5.92 Å². The second-order valence-corrected chi connectivity index (χ2v) is 6.54. The van der Waals surface area contributed by atoms with Gasteiger partial charge in [0.05, 0.1) is 0 Å². The Morgan fingerprint density at radius 3 is 2.56 bits per heavy atom. The van der Waals surface area contributed by atoms with Crippen molar-refractivity contribution in [1.29, 1.82) is 0 Å². The van der Waals surface area contributed by atoms with Crippen molar-refractivity contribution in [3.05, 3.63) is 34.3 Å². The standard InChI is InChI=1S/C16H24BrN/c1-13(12-15-6-8-16(17)9-7-15)18-11-10-14-4-2-3-5-14/h6-9,13-14,18H,2-5,10-12H2,1H3. The van der Waals surface area contributed by atoms with Crippen LogP contribution >= 0.6 is 15.9 Å². The number of rotatable bonds is 6.